The first kappa shape index (κ1) is 24.0. The normalized spacial score (nSPS) is 11.2. The fourth-order valence-corrected chi connectivity index (χ4v) is 4.61. The SMILES string of the molecule is COc1ccc(C(=O)Nc2cc(C)nn2CCC#N)cc1S(=O)(=O)N(C)Cc1ccccc1. The standard InChI is InChI=1S/C23H25N5O4S/c1-17-14-22(28(26-17)13-7-12-24)25-23(29)19-10-11-20(32-3)21(15-19)33(30,31)27(2)16-18-8-5-4-6-9-18/h4-6,8-11,14-15H,7,13,16H2,1-3H3,(H,25,29). The molecule has 3 rings (SSSR count). The summed E-state index contributed by atoms with van der Waals surface area (Å²) in [6.45, 7) is 2.27. The molecule has 33 heavy (non-hydrogen) atoms. The number of sulfonamides is 1. The molecule has 1 N–H and O–H groups in total. The number of ether oxygens (including phenoxy) is 1. The molecule has 0 atom stereocenters. The van der Waals surface area contributed by atoms with Gasteiger partial charge >= 0.3 is 0 Å². The lowest BCUT2D eigenvalue weighted by Crippen LogP contribution is -2.27. The molecule has 0 aliphatic rings. The van der Waals surface area contributed by atoms with Crippen molar-refractivity contribution in [2.24, 2.45) is 0 Å². The van der Waals surface area contributed by atoms with Gasteiger partial charge in [0.25, 0.3) is 5.91 Å². The van der Waals surface area contributed by atoms with Gasteiger partial charge in [0.1, 0.15) is 16.5 Å². The van der Waals surface area contributed by atoms with E-state index in [0.29, 0.717) is 18.1 Å². The molecular formula is C23H25N5O4S. The van der Waals surface area contributed by atoms with Gasteiger partial charge < -0.3 is 10.1 Å². The van der Waals surface area contributed by atoms with Gasteiger partial charge in [0.2, 0.25) is 10.0 Å². The molecular weight excluding hydrogens is 442 g/mol. The fraction of sp³-hybridized carbons (Fsp3) is 0.261. The van der Waals surface area contributed by atoms with Gasteiger partial charge in [-0.15, -0.1) is 0 Å². The molecule has 1 heterocycles. The van der Waals surface area contributed by atoms with Crippen molar-refractivity contribution in [3.05, 3.63) is 71.4 Å². The van der Waals surface area contributed by atoms with E-state index < -0.39 is 15.9 Å². The number of amides is 1. The topological polar surface area (TPSA) is 117 Å². The second-order valence-corrected chi connectivity index (χ2v) is 9.38. The molecule has 0 aliphatic heterocycles. The predicted octanol–water partition coefficient (Wildman–Crippen LogP) is 3.19. The van der Waals surface area contributed by atoms with Crippen LogP contribution in [0.4, 0.5) is 5.82 Å². The largest absolute Gasteiger partial charge is 0.495 e. The molecule has 0 bridgehead atoms. The van der Waals surface area contributed by atoms with Gasteiger partial charge in [0.05, 0.1) is 31.8 Å². The van der Waals surface area contributed by atoms with E-state index in [0.717, 1.165) is 5.56 Å². The van der Waals surface area contributed by atoms with Gasteiger partial charge in [0, 0.05) is 25.2 Å². The molecule has 0 spiro atoms. The van der Waals surface area contributed by atoms with Crippen LogP contribution in [0.15, 0.2) is 59.5 Å². The number of nitriles is 1. The van der Waals surface area contributed by atoms with Crippen LogP contribution in [-0.2, 0) is 23.1 Å². The summed E-state index contributed by atoms with van der Waals surface area (Å²) < 4.78 is 34.6. The lowest BCUT2D eigenvalue weighted by atomic mass is 10.2. The number of hydrogen-bond acceptors (Lipinski definition) is 6. The van der Waals surface area contributed by atoms with Crippen LogP contribution in [-0.4, -0.2) is 42.6 Å². The van der Waals surface area contributed by atoms with Crippen LogP contribution in [0.5, 0.6) is 5.75 Å². The zero-order valence-corrected chi connectivity index (χ0v) is 19.5. The highest BCUT2D eigenvalue weighted by Crippen LogP contribution is 2.28. The summed E-state index contributed by atoms with van der Waals surface area (Å²) in [6, 6.07) is 17.2. The van der Waals surface area contributed by atoms with Crippen LogP contribution < -0.4 is 10.1 Å². The molecule has 2 aromatic carbocycles. The number of anilines is 1. The number of aromatic nitrogens is 2. The highest BCUT2D eigenvalue weighted by atomic mass is 32.2. The first-order chi connectivity index (χ1) is 15.8. The van der Waals surface area contributed by atoms with Crippen LogP contribution in [0.2, 0.25) is 0 Å². The molecule has 0 fully saturated rings. The highest BCUT2D eigenvalue weighted by Gasteiger charge is 2.26. The van der Waals surface area contributed by atoms with E-state index in [-0.39, 0.29) is 29.2 Å². The van der Waals surface area contributed by atoms with Crippen LogP contribution in [0.3, 0.4) is 0 Å². The summed E-state index contributed by atoms with van der Waals surface area (Å²) in [5.74, 6) is 0.0634. The molecule has 9 nitrogen and oxygen atoms in total. The van der Waals surface area contributed by atoms with E-state index in [1.165, 1.54) is 41.3 Å². The molecule has 10 heteroatoms. The zero-order chi connectivity index (χ0) is 24.0. The highest BCUT2D eigenvalue weighted by molar-refractivity contribution is 7.89. The quantitative estimate of drug-likeness (QED) is 0.516. The smallest absolute Gasteiger partial charge is 0.256 e. The molecule has 0 saturated carbocycles. The number of nitrogens with one attached hydrogen (secondary N) is 1. The monoisotopic (exact) mass is 467 g/mol. The number of rotatable bonds is 9. The van der Waals surface area contributed by atoms with Crippen molar-refractivity contribution in [1.82, 2.24) is 14.1 Å². The van der Waals surface area contributed by atoms with E-state index in [1.54, 1.807) is 13.0 Å². The Morgan fingerprint density at radius 3 is 2.61 bits per heavy atom. The number of carbonyl (C=O) groups is 1. The Morgan fingerprint density at radius 1 is 1.21 bits per heavy atom. The number of benzene rings is 2. The molecule has 1 amide bonds. The lowest BCUT2D eigenvalue weighted by Gasteiger charge is -2.19. The Hall–Kier alpha value is -3.68. The number of nitrogens with zero attached hydrogens (tertiary/aromatic N) is 4. The summed E-state index contributed by atoms with van der Waals surface area (Å²) in [4.78, 5) is 12.8. The summed E-state index contributed by atoms with van der Waals surface area (Å²) in [5, 5.41) is 15.8. The molecule has 0 unspecified atom stereocenters. The number of hydrogen-bond donors (Lipinski definition) is 1. The Bertz CT molecular complexity index is 1280. The first-order valence-corrected chi connectivity index (χ1v) is 11.6. The van der Waals surface area contributed by atoms with Crippen molar-refractivity contribution < 1.29 is 17.9 Å². The van der Waals surface area contributed by atoms with E-state index in [1.807, 2.05) is 36.4 Å². The van der Waals surface area contributed by atoms with E-state index in [9.17, 15) is 13.2 Å². The minimum atomic E-state index is -3.95. The Kier molecular flexibility index (Phi) is 7.48. The molecule has 1 aromatic heterocycles. The third kappa shape index (κ3) is 5.58. The minimum absolute atomic E-state index is 0.106. The van der Waals surface area contributed by atoms with Crippen molar-refractivity contribution in [2.75, 3.05) is 19.5 Å². The number of methoxy groups -OCH3 is 1. The van der Waals surface area contributed by atoms with Gasteiger partial charge in [-0.3, -0.25) is 4.79 Å². The Labute approximate surface area is 193 Å². The van der Waals surface area contributed by atoms with Gasteiger partial charge in [0.15, 0.2) is 0 Å². The van der Waals surface area contributed by atoms with E-state index in [2.05, 4.69) is 10.4 Å². The van der Waals surface area contributed by atoms with Gasteiger partial charge in [-0.2, -0.15) is 14.7 Å². The summed E-state index contributed by atoms with van der Waals surface area (Å²) in [6.07, 6.45) is 0.239. The van der Waals surface area contributed by atoms with Crippen molar-refractivity contribution in [2.45, 2.75) is 31.3 Å². The summed E-state index contributed by atoms with van der Waals surface area (Å²) in [7, 11) is -1.10. The molecule has 3 aromatic rings. The molecule has 0 radical (unpaired) electrons. The number of carbonyl (C=O) groups excluding carboxylic acids is 1. The third-order valence-electron chi connectivity index (χ3n) is 4.94. The van der Waals surface area contributed by atoms with Crippen LogP contribution in [0.25, 0.3) is 0 Å². The third-order valence-corrected chi connectivity index (χ3v) is 6.77. The number of aryl methyl sites for hydroxylation is 2. The van der Waals surface area contributed by atoms with Crippen molar-refractivity contribution >= 4 is 21.7 Å². The Balaban J connectivity index is 1.89. The fourth-order valence-electron chi connectivity index (χ4n) is 3.27. The zero-order valence-electron chi connectivity index (χ0n) is 18.6. The van der Waals surface area contributed by atoms with Gasteiger partial charge in [-0.25, -0.2) is 13.1 Å². The minimum Gasteiger partial charge on any atom is -0.495 e. The maximum atomic E-state index is 13.3. The Morgan fingerprint density at radius 2 is 1.94 bits per heavy atom. The van der Waals surface area contributed by atoms with Gasteiger partial charge in [-0.05, 0) is 30.7 Å². The lowest BCUT2D eigenvalue weighted by molar-refractivity contribution is 0.102. The average Bonchev–Trinajstić information content (AvgIpc) is 3.16. The molecule has 172 valence electrons. The van der Waals surface area contributed by atoms with E-state index in [4.69, 9.17) is 10.00 Å². The predicted molar refractivity (Wildman–Crippen MR) is 123 cm³/mol. The van der Waals surface area contributed by atoms with Crippen molar-refractivity contribution in [1.29, 1.82) is 5.26 Å². The van der Waals surface area contributed by atoms with Crippen molar-refractivity contribution in [3.63, 3.8) is 0 Å². The van der Waals surface area contributed by atoms with Crippen LogP contribution in [0, 0.1) is 18.3 Å². The van der Waals surface area contributed by atoms with E-state index >= 15 is 0 Å². The second kappa shape index (κ2) is 10.3. The summed E-state index contributed by atoms with van der Waals surface area (Å²) >= 11 is 0. The van der Waals surface area contributed by atoms with Crippen LogP contribution in [0.1, 0.15) is 28.0 Å². The molecule has 0 aliphatic carbocycles. The first-order valence-electron chi connectivity index (χ1n) is 10.2. The second-order valence-electron chi connectivity index (χ2n) is 7.37. The maximum Gasteiger partial charge on any atom is 0.256 e. The average molecular weight is 468 g/mol. The maximum absolute atomic E-state index is 13.3. The van der Waals surface area contributed by atoms with Crippen LogP contribution >= 0.6 is 0 Å². The van der Waals surface area contributed by atoms with Crippen molar-refractivity contribution in [3.8, 4) is 11.8 Å². The van der Waals surface area contributed by atoms with Gasteiger partial charge in [-0.1, -0.05) is 30.3 Å². The molecule has 0 saturated heterocycles. The summed E-state index contributed by atoms with van der Waals surface area (Å²) in [5.41, 5.74) is 1.66.